The summed E-state index contributed by atoms with van der Waals surface area (Å²) in [6.07, 6.45) is 2.52. The van der Waals surface area contributed by atoms with E-state index < -0.39 is 10.0 Å². The molecule has 128 valence electrons. The maximum atomic E-state index is 12.4. The number of anilines is 1. The lowest BCUT2D eigenvalue weighted by atomic mass is 9.98. The standard InChI is InChI=1S/C15H22N2O5S/c1-21-13-7-6-12(9-14(13)22-2)16-15(18)11-5-4-8-17(10-11)23(3,19)20/h6-7,9,11H,4-5,8,10H2,1-3H3,(H,16,18)/t11-/m1/s1. The summed E-state index contributed by atoms with van der Waals surface area (Å²) in [5.74, 6) is 0.551. The second kappa shape index (κ2) is 7.18. The Labute approximate surface area is 136 Å². The fraction of sp³-hybridized carbons (Fsp3) is 0.533. The molecule has 1 aliphatic rings. The van der Waals surface area contributed by atoms with E-state index in [2.05, 4.69) is 5.32 Å². The van der Waals surface area contributed by atoms with Gasteiger partial charge in [0.1, 0.15) is 0 Å². The summed E-state index contributed by atoms with van der Waals surface area (Å²) >= 11 is 0. The summed E-state index contributed by atoms with van der Waals surface area (Å²) in [6.45, 7) is 0.691. The molecule has 0 aromatic heterocycles. The molecule has 7 nitrogen and oxygen atoms in total. The summed E-state index contributed by atoms with van der Waals surface area (Å²) in [6, 6.07) is 5.10. The van der Waals surface area contributed by atoms with E-state index >= 15 is 0 Å². The van der Waals surface area contributed by atoms with Crippen LogP contribution in [0.2, 0.25) is 0 Å². The lowest BCUT2D eigenvalue weighted by molar-refractivity contribution is -0.120. The van der Waals surface area contributed by atoms with E-state index in [0.717, 1.165) is 0 Å². The van der Waals surface area contributed by atoms with Gasteiger partial charge in [0.2, 0.25) is 15.9 Å². The average Bonchev–Trinajstić information content (AvgIpc) is 2.54. The molecule has 1 atom stereocenters. The minimum absolute atomic E-state index is 0.189. The largest absolute Gasteiger partial charge is 0.493 e. The molecule has 0 radical (unpaired) electrons. The van der Waals surface area contributed by atoms with Gasteiger partial charge in [0.25, 0.3) is 0 Å². The molecule has 8 heteroatoms. The number of amides is 1. The number of carbonyl (C=O) groups excluding carboxylic acids is 1. The van der Waals surface area contributed by atoms with Gasteiger partial charge in [-0.05, 0) is 25.0 Å². The number of carbonyl (C=O) groups is 1. The molecular formula is C15H22N2O5S. The molecule has 0 bridgehead atoms. The Morgan fingerprint density at radius 1 is 1.26 bits per heavy atom. The molecule has 23 heavy (non-hydrogen) atoms. The minimum atomic E-state index is -3.27. The van der Waals surface area contributed by atoms with E-state index in [1.54, 1.807) is 18.2 Å². The molecule has 0 unspecified atom stereocenters. The van der Waals surface area contributed by atoms with Crippen LogP contribution in [-0.4, -0.2) is 52.2 Å². The molecule has 0 spiro atoms. The van der Waals surface area contributed by atoms with Gasteiger partial charge in [-0.3, -0.25) is 4.79 Å². The van der Waals surface area contributed by atoms with Crippen molar-refractivity contribution in [1.82, 2.24) is 4.31 Å². The van der Waals surface area contributed by atoms with Crippen LogP contribution in [0.1, 0.15) is 12.8 Å². The Bertz CT molecular complexity index is 674. The van der Waals surface area contributed by atoms with Crippen molar-refractivity contribution in [3.8, 4) is 11.5 Å². The van der Waals surface area contributed by atoms with E-state index in [1.807, 2.05) is 0 Å². The molecule has 1 saturated heterocycles. The monoisotopic (exact) mass is 342 g/mol. The third-order valence-corrected chi connectivity index (χ3v) is 5.14. The molecule has 1 fully saturated rings. The highest BCUT2D eigenvalue weighted by molar-refractivity contribution is 7.88. The van der Waals surface area contributed by atoms with E-state index in [9.17, 15) is 13.2 Å². The smallest absolute Gasteiger partial charge is 0.228 e. The first-order chi connectivity index (χ1) is 10.8. The summed E-state index contributed by atoms with van der Waals surface area (Å²) in [5, 5.41) is 2.81. The average molecular weight is 342 g/mol. The number of benzene rings is 1. The van der Waals surface area contributed by atoms with Crippen molar-refractivity contribution in [2.24, 2.45) is 5.92 Å². The molecule has 1 aromatic rings. The zero-order valence-corrected chi connectivity index (χ0v) is 14.4. The fourth-order valence-electron chi connectivity index (χ4n) is 2.62. The van der Waals surface area contributed by atoms with Crippen LogP contribution in [0.15, 0.2) is 18.2 Å². The number of nitrogens with zero attached hydrogens (tertiary/aromatic N) is 1. The first-order valence-corrected chi connectivity index (χ1v) is 9.18. The lowest BCUT2D eigenvalue weighted by Crippen LogP contribution is -2.43. The van der Waals surface area contributed by atoms with Crippen molar-refractivity contribution in [3.63, 3.8) is 0 Å². The molecule has 1 N–H and O–H groups in total. The second-order valence-electron chi connectivity index (χ2n) is 5.52. The van der Waals surface area contributed by atoms with Crippen LogP contribution in [-0.2, 0) is 14.8 Å². The highest BCUT2D eigenvalue weighted by Gasteiger charge is 2.30. The van der Waals surface area contributed by atoms with Crippen LogP contribution >= 0.6 is 0 Å². The van der Waals surface area contributed by atoms with Crippen LogP contribution in [0.5, 0.6) is 11.5 Å². The van der Waals surface area contributed by atoms with Crippen LogP contribution in [0, 0.1) is 5.92 Å². The molecular weight excluding hydrogens is 320 g/mol. The maximum Gasteiger partial charge on any atom is 0.228 e. The van der Waals surface area contributed by atoms with Crippen molar-refractivity contribution in [1.29, 1.82) is 0 Å². The number of nitrogens with one attached hydrogen (secondary N) is 1. The van der Waals surface area contributed by atoms with Gasteiger partial charge in [-0.15, -0.1) is 0 Å². The van der Waals surface area contributed by atoms with E-state index in [1.165, 1.54) is 24.8 Å². The summed E-state index contributed by atoms with van der Waals surface area (Å²) in [5.41, 5.74) is 0.587. The van der Waals surface area contributed by atoms with Gasteiger partial charge in [0.05, 0.1) is 26.4 Å². The van der Waals surface area contributed by atoms with Crippen molar-refractivity contribution < 1.29 is 22.7 Å². The Morgan fingerprint density at radius 2 is 1.96 bits per heavy atom. The number of ether oxygens (including phenoxy) is 2. The quantitative estimate of drug-likeness (QED) is 0.872. The minimum Gasteiger partial charge on any atom is -0.493 e. The lowest BCUT2D eigenvalue weighted by Gasteiger charge is -2.30. The van der Waals surface area contributed by atoms with Gasteiger partial charge in [0.15, 0.2) is 11.5 Å². The predicted molar refractivity (Wildman–Crippen MR) is 87.3 cm³/mol. The molecule has 1 amide bonds. The van der Waals surface area contributed by atoms with Crippen molar-refractivity contribution in [2.75, 3.05) is 38.9 Å². The van der Waals surface area contributed by atoms with E-state index in [0.29, 0.717) is 36.6 Å². The predicted octanol–water partition coefficient (Wildman–Crippen LogP) is 1.31. The number of hydrogen-bond donors (Lipinski definition) is 1. The first-order valence-electron chi connectivity index (χ1n) is 7.33. The Balaban J connectivity index is 2.07. The zero-order valence-electron chi connectivity index (χ0n) is 13.5. The summed E-state index contributed by atoms with van der Waals surface area (Å²) < 4.78 is 35.0. The van der Waals surface area contributed by atoms with Crippen molar-refractivity contribution >= 4 is 21.6 Å². The highest BCUT2D eigenvalue weighted by atomic mass is 32.2. The SMILES string of the molecule is COc1ccc(NC(=O)[C@@H]2CCCN(S(C)(=O)=O)C2)cc1OC. The van der Waals surface area contributed by atoms with Crippen LogP contribution in [0.3, 0.4) is 0 Å². The highest BCUT2D eigenvalue weighted by Crippen LogP contribution is 2.30. The van der Waals surface area contributed by atoms with Crippen LogP contribution in [0.25, 0.3) is 0 Å². The third kappa shape index (κ3) is 4.35. The molecule has 1 heterocycles. The van der Waals surface area contributed by atoms with Crippen LogP contribution < -0.4 is 14.8 Å². The van der Waals surface area contributed by atoms with Crippen LogP contribution in [0.4, 0.5) is 5.69 Å². The number of piperidine rings is 1. The number of hydrogen-bond acceptors (Lipinski definition) is 5. The zero-order chi connectivity index (χ0) is 17.0. The van der Waals surface area contributed by atoms with E-state index in [4.69, 9.17) is 9.47 Å². The van der Waals surface area contributed by atoms with Crippen molar-refractivity contribution in [2.45, 2.75) is 12.8 Å². The van der Waals surface area contributed by atoms with Crippen molar-refractivity contribution in [3.05, 3.63) is 18.2 Å². The maximum absolute atomic E-state index is 12.4. The van der Waals surface area contributed by atoms with Gasteiger partial charge in [-0.2, -0.15) is 0 Å². The fourth-order valence-corrected chi connectivity index (χ4v) is 3.53. The van der Waals surface area contributed by atoms with Gasteiger partial charge in [-0.25, -0.2) is 12.7 Å². The third-order valence-electron chi connectivity index (χ3n) is 3.88. The normalized spacial score (nSPS) is 19.2. The summed E-state index contributed by atoms with van der Waals surface area (Å²) in [4.78, 5) is 12.4. The van der Waals surface area contributed by atoms with E-state index in [-0.39, 0.29) is 18.4 Å². The number of sulfonamides is 1. The first kappa shape index (κ1) is 17.6. The molecule has 0 aliphatic carbocycles. The molecule has 0 saturated carbocycles. The Morgan fingerprint density at radius 3 is 2.57 bits per heavy atom. The van der Waals surface area contributed by atoms with Gasteiger partial charge in [0, 0.05) is 24.8 Å². The number of methoxy groups -OCH3 is 2. The molecule has 1 aromatic carbocycles. The topological polar surface area (TPSA) is 84.9 Å². The molecule has 1 aliphatic heterocycles. The Hall–Kier alpha value is -1.80. The molecule has 2 rings (SSSR count). The Kier molecular flexibility index (Phi) is 5.48. The summed E-state index contributed by atoms with van der Waals surface area (Å²) in [7, 11) is -0.206. The second-order valence-corrected chi connectivity index (χ2v) is 7.50. The van der Waals surface area contributed by atoms with Gasteiger partial charge < -0.3 is 14.8 Å². The van der Waals surface area contributed by atoms with Gasteiger partial charge >= 0.3 is 0 Å². The van der Waals surface area contributed by atoms with Gasteiger partial charge in [-0.1, -0.05) is 0 Å². The number of rotatable bonds is 5.